The number of carboxylic acids is 1. The Kier molecular flexibility index (Phi) is 5.30. The highest BCUT2D eigenvalue weighted by atomic mass is 16.5. The second-order valence-corrected chi connectivity index (χ2v) is 5.81. The zero-order valence-electron chi connectivity index (χ0n) is 13.6. The van der Waals surface area contributed by atoms with Crippen LogP contribution in [0.4, 0.5) is 5.69 Å². The van der Waals surface area contributed by atoms with Crippen LogP contribution >= 0.6 is 0 Å². The van der Waals surface area contributed by atoms with E-state index in [1.165, 1.54) is 12.1 Å². The summed E-state index contributed by atoms with van der Waals surface area (Å²) >= 11 is 0. The number of anilines is 1. The lowest BCUT2D eigenvalue weighted by Crippen LogP contribution is -2.16. The van der Waals surface area contributed by atoms with Crippen molar-refractivity contribution in [2.24, 2.45) is 0 Å². The summed E-state index contributed by atoms with van der Waals surface area (Å²) in [5, 5.41) is 11.7. The Labute approximate surface area is 145 Å². The summed E-state index contributed by atoms with van der Waals surface area (Å²) in [5.74, 6) is -0.722. The Hall–Kier alpha value is -2.86. The molecule has 1 aliphatic heterocycles. The summed E-state index contributed by atoms with van der Waals surface area (Å²) < 4.78 is 11.2. The quantitative estimate of drug-likeness (QED) is 0.843. The van der Waals surface area contributed by atoms with E-state index in [0.29, 0.717) is 23.6 Å². The van der Waals surface area contributed by atoms with Crippen molar-refractivity contribution in [3.05, 3.63) is 59.7 Å². The number of nitrogens with one attached hydrogen (secondary N) is 1. The first kappa shape index (κ1) is 17.0. The van der Waals surface area contributed by atoms with Crippen LogP contribution in [0, 0.1) is 0 Å². The molecule has 0 saturated carbocycles. The highest BCUT2D eigenvalue weighted by molar-refractivity contribution is 6.05. The fraction of sp³-hybridized carbons (Fsp3) is 0.263. The summed E-state index contributed by atoms with van der Waals surface area (Å²) in [6.07, 6.45) is 2.24. The molecule has 130 valence electrons. The normalized spacial score (nSPS) is 16.4. The number of hydrogen-bond donors (Lipinski definition) is 2. The maximum absolute atomic E-state index is 12.2. The number of hydrogen-bond acceptors (Lipinski definition) is 4. The van der Waals surface area contributed by atoms with Crippen molar-refractivity contribution in [2.75, 3.05) is 18.5 Å². The van der Waals surface area contributed by atoms with E-state index in [-0.39, 0.29) is 17.6 Å². The summed E-state index contributed by atoms with van der Waals surface area (Å²) in [7, 11) is 0. The molecule has 6 nitrogen and oxygen atoms in total. The van der Waals surface area contributed by atoms with Gasteiger partial charge in [0.1, 0.15) is 12.4 Å². The minimum absolute atomic E-state index is 0.0746. The molecule has 2 aromatic rings. The Bertz CT molecular complexity index is 751. The van der Waals surface area contributed by atoms with Crippen LogP contribution in [0.2, 0.25) is 0 Å². The zero-order valence-corrected chi connectivity index (χ0v) is 13.6. The van der Waals surface area contributed by atoms with E-state index in [9.17, 15) is 9.59 Å². The topological polar surface area (TPSA) is 84.9 Å². The van der Waals surface area contributed by atoms with E-state index in [1.807, 2.05) is 0 Å². The average molecular weight is 341 g/mol. The number of rotatable bonds is 6. The molecule has 1 atom stereocenters. The molecule has 2 aromatic carbocycles. The number of amides is 1. The Morgan fingerprint density at radius 3 is 2.60 bits per heavy atom. The third-order valence-electron chi connectivity index (χ3n) is 3.94. The molecule has 0 bridgehead atoms. The van der Waals surface area contributed by atoms with Gasteiger partial charge in [0.05, 0.1) is 11.7 Å². The number of carboxylic acid groups (broad SMARTS) is 1. The fourth-order valence-corrected chi connectivity index (χ4v) is 2.60. The lowest BCUT2D eigenvalue weighted by atomic mass is 10.1. The fourth-order valence-electron chi connectivity index (χ4n) is 2.60. The van der Waals surface area contributed by atoms with Crippen molar-refractivity contribution in [3.8, 4) is 5.75 Å². The molecule has 1 aliphatic rings. The highest BCUT2D eigenvalue weighted by Gasteiger charge is 2.16. The van der Waals surface area contributed by atoms with Crippen molar-refractivity contribution in [1.29, 1.82) is 0 Å². The smallest absolute Gasteiger partial charge is 0.335 e. The van der Waals surface area contributed by atoms with Gasteiger partial charge < -0.3 is 19.9 Å². The van der Waals surface area contributed by atoms with Crippen LogP contribution in [0.3, 0.4) is 0 Å². The second-order valence-electron chi connectivity index (χ2n) is 5.81. The van der Waals surface area contributed by atoms with Gasteiger partial charge >= 0.3 is 5.97 Å². The molecule has 1 saturated heterocycles. The Morgan fingerprint density at radius 1 is 1.16 bits per heavy atom. The van der Waals surface area contributed by atoms with Crippen molar-refractivity contribution >= 4 is 17.6 Å². The Balaban J connectivity index is 1.58. The lowest BCUT2D eigenvalue weighted by molar-refractivity contribution is 0.0679. The molecular formula is C19H19NO5. The average Bonchev–Trinajstić information content (AvgIpc) is 3.15. The first-order valence-electron chi connectivity index (χ1n) is 8.11. The third kappa shape index (κ3) is 4.58. The third-order valence-corrected chi connectivity index (χ3v) is 3.94. The molecule has 0 spiro atoms. The first-order chi connectivity index (χ1) is 12.1. The molecule has 0 unspecified atom stereocenters. The van der Waals surface area contributed by atoms with Crippen molar-refractivity contribution < 1.29 is 24.2 Å². The number of carbonyl (C=O) groups is 2. The highest BCUT2D eigenvalue weighted by Crippen LogP contribution is 2.19. The monoisotopic (exact) mass is 341 g/mol. The maximum Gasteiger partial charge on any atom is 0.335 e. The van der Waals surface area contributed by atoms with Crippen LogP contribution < -0.4 is 10.1 Å². The van der Waals surface area contributed by atoms with Gasteiger partial charge in [-0.2, -0.15) is 0 Å². The number of carbonyl (C=O) groups excluding carboxylic acids is 1. The molecule has 25 heavy (non-hydrogen) atoms. The number of ether oxygens (including phenoxy) is 2. The van der Waals surface area contributed by atoms with Crippen LogP contribution in [0.25, 0.3) is 0 Å². The van der Waals surface area contributed by atoms with Gasteiger partial charge in [-0.25, -0.2) is 4.79 Å². The molecule has 1 amide bonds. The SMILES string of the molecule is O=C(O)c1cccc(C(=O)Nc2ccc(OC[C@@H]3CCCO3)cc2)c1. The van der Waals surface area contributed by atoms with Gasteiger partial charge in [0.15, 0.2) is 0 Å². The zero-order chi connectivity index (χ0) is 17.6. The summed E-state index contributed by atoms with van der Waals surface area (Å²) in [6, 6.07) is 12.9. The van der Waals surface area contributed by atoms with Crippen LogP contribution in [0.1, 0.15) is 33.6 Å². The Morgan fingerprint density at radius 2 is 1.92 bits per heavy atom. The van der Waals surface area contributed by atoms with Gasteiger partial charge in [-0.15, -0.1) is 0 Å². The van der Waals surface area contributed by atoms with E-state index >= 15 is 0 Å². The summed E-state index contributed by atoms with van der Waals surface area (Å²) in [4.78, 5) is 23.2. The molecule has 0 aromatic heterocycles. The predicted octanol–water partition coefficient (Wildman–Crippen LogP) is 3.19. The van der Waals surface area contributed by atoms with E-state index in [2.05, 4.69) is 5.32 Å². The van der Waals surface area contributed by atoms with Crippen LogP contribution in [0.15, 0.2) is 48.5 Å². The number of benzene rings is 2. The van der Waals surface area contributed by atoms with Crippen molar-refractivity contribution in [3.63, 3.8) is 0 Å². The van der Waals surface area contributed by atoms with Gasteiger partial charge in [0, 0.05) is 17.9 Å². The van der Waals surface area contributed by atoms with Gasteiger partial charge in [0.25, 0.3) is 5.91 Å². The molecule has 2 N–H and O–H groups in total. The minimum atomic E-state index is -1.07. The minimum Gasteiger partial charge on any atom is -0.491 e. The van der Waals surface area contributed by atoms with Gasteiger partial charge in [-0.05, 0) is 55.3 Å². The van der Waals surface area contributed by atoms with E-state index in [4.69, 9.17) is 14.6 Å². The maximum atomic E-state index is 12.2. The van der Waals surface area contributed by atoms with Crippen molar-refractivity contribution in [1.82, 2.24) is 0 Å². The molecule has 1 heterocycles. The largest absolute Gasteiger partial charge is 0.491 e. The lowest BCUT2D eigenvalue weighted by Gasteiger charge is -2.12. The van der Waals surface area contributed by atoms with E-state index in [0.717, 1.165) is 19.4 Å². The molecule has 6 heteroatoms. The van der Waals surface area contributed by atoms with Crippen LogP contribution in [0.5, 0.6) is 5.75 Å². The van der Waals surface area contributed by atoms with Crippen LogP contribution in [-0.2, 0) is 4.74 Å². The molecular weight excluding hydrogens is 322 g/mol. The molecule has 0 radical (unpaired) electrons. The molecule has 0 aliphatic carbocycles. The van der Waals surface area contributed by atoms with Crippen molar-refractivity contribution in [2.45, 2.75) is 18.9 Å². The van der Waals surface area contributed by atoms with E-state index in [1.54, 1.807) is 36.4 Å². The predicted molar refractivity (Wildman–Crippen MR) is 92.3 cm³/mol. The summed E-state index contributed by atoms with van der Waals surface area (Å²) in [6.45, 7) is 1.32. The standard InChI is InChI=1S/C19H19NO5/c21-18(13-3-1-4-14(11-13)19(22)23)20-15-6-8-16(9-7-15)25-12-17-5-2-10-24-17/h1,3-4,6-9,11,17H,2,5,10,12H2,(H,20,21)(H,22,23)/t17-/m0/s1. The molecule has 1 fully saturated rings. The van der Waals surface area contributed by atoms with Crippen LogP contribution in [-0.4, -0.2) is 36.3 Å². The van der Waals surface area contributed by atoms with Gasteiger partial charge in [-0.1, -0.05) is 6.07 Å². The first-order valence-corrected chi connectivity index (χ1v) is 8.11. The van der Waals surface area contributed by atoms with E-state index < -0.39 is 5.97 Å². The summed E-state index contributed by atoms with van der Waals surface area (Å²) in [5.41, 5.74) is 0.972. The van der Waals surface area contributed by atoms with Gasteiger partial charge in [-0.3, -0.25) is 4.79 Å². The van der Waals surface area contributed by atoms with Gasteiger partial charge in [0.2, 0.25) is 0 Å². The molecule has 3 rings (SSSR count). The second kappa shape index (κ2) is 7.81. The number of aromatic carboxylic acids is 1.